The molecular weight excluding hydrogens is 427 g/mol. The molecular formula is C19H19Cl2F2N3O3. The molecule has 156 valence electrons. The maximum Gasteiger partial charge on any atom is 0.341 e. The predicted octanol–water partition coefficient (Wildman–Crippen LogP) is 3.12. The molecule has 1 saturated heterocycles. The van der Waals surface area contributed by atoms with Gasteiger partial charge in [0.15, 0.2) is 0 Å². The lowest BCUT2D eigenvalue weighted by Crippen LogP contribution is -2.30. The number of carbonyl (C=O) groups is 1. The summed E-state index contributed by atoms with van der Waals surface area (Å²) in [6.07, 6.45) is 2.11. The molecule has 1 aliphatic heterocycles. The molecule has 1 aromatic carbocycles. The predicted molar refractivity (Wildman–Crippen MR) is 108 cm³/mol. The minimum atomic E-state index is -1.45. The Bertz CT molecular complexity index is 1100. The van der Waals surface area contributed by atoms with Gasteiger partial charge in [0.25, 0.3) is 0 Å². The highest BCUT2D eigenvalue weighted by atomic mass is 35.5. The number of hydrogen-bond donors (Lipinski definition) is 2. The Hall–Kier alpha value is -1.90. The lowest BCUT2D eigenvalue weighted by atomic mass is 10.0. The molecule has 5 rings (SSSR count). The largest absolute Gasteiger partial charge is 0.477 e. The molecule has 3 aliphatic rings. The highest BCUT2D eigenvalue weighted by molar-refractivity contribution is 6.38. The number of aromatic carboxylic acids is 1. The van der Waals surface area contributed by atoms with E-state index in [-0.39, 0.29) is 51.9 Å². The molecule has 1 spiro atoms. The van der Waals surface area contributed by atoms with E-state index in [1.54, 1.807) is 4.90 Å². The first-order valence-electron chi connectivity index (χ1n) is 9.18. The number of carboxylic acid groups (broad SMARTS) is 1. The fourth-order valence-corrected chi connectivity index (χ4v) is 4.84. The third-order valence-corrected chi connectivity index (χ3v) is 6.73. The van der Waals surface area contributed by atoms with Crippen LogP contribution in [0, 0.1) is 11.2 Å². The first-order valence-corrected chi connectivity index (χ1v) is 9.56. The second kappa shape index (κ2) is 6.55. The summed E-state index contributed by atoms with van der Waals surface area (Å²) in [4.78, 5) is 25.8. The van der Waals surface area contributed by atoms with E-state index in [0.717, 1.165) is 25.1 Å². The summed E-state index contributed by atoms with van der Waals surface area (Å²) in [6, 6.07) is 0.308. The van der Waals surface area contributed by atoms with Crippen molar-refractivity contribution in [3.05, 3.63) is 38.9 Å². The van der Waals surface area contributed by atoms with Crippen LogP contribution in [-0.4, -0.2) is 40.9 Å². The number of halogens is 4. The van der Waals surface area contributed by atoms with Gasteiger partial charge in [-0.3, -0.25) is 4.79 Å². The molecule has 0 unspecified atom stereocenters. The number of alkyl halides is 1. The van der Waals surface area contributed by atoms with Gasteiger partial charge < -0.3 is 20.3 Å². The van der Waals surface area contributed by atoms with E-state index in [0.29, 0.717) is 13.1 Å². The first-order chi connectivity index (χ1) is 13.2. The Balaban J connectivity index is 0.00000205. The van der Waals surface area contributed by atoms with Crippen LogP contribution < -0.4 is 16.1 Å². The number of anilines is 1. The lowest BCUT2D eigenvalue weighted by Gasteiger charge is -2.23. The zero-order valence-corrected chi connectivity index (χ0v) is 16.8. The third-order valence-electron chi connectivity index (χ3n) is 6.37. The number of fused-ring (bicyclic) bond motifs is 1. The molecule has 3 atom stereocenters. The SMILES string of the molecule is Cl.N[C@H]1CN(c2c(F)cc3c(=O)c(C(=O)O)cn([C@@H]4C[C@@H]4F)c3c2Cl)CC12CC2. The highest BCUT2D eigenvalue weighted by Crippen LogP contribution is 2.54. The molecule has 29 heavy (non-hydrogen) atoms. The van der Waals surface area contributed by atoms with Crippen molar-refractivity contribution in [1.29, 1.82) is 0 Å². The second-order valence-electron chi connectivity index (χ2n) is 8.17. The number of hydrogen-bond acceptors (Lipinski definition) is 4. The minimum absolute atomic E-state index is 0. The quantitative estimate of drug-likeness (QED) is 0.757. The monoisotopic (exact) mass is 445 g/mol. The molecule has 6 nitrogen and oxygen atoms in total. The van der Waals surface area contributed by atoms with Crippen molar-refractivity contribution in [3.8, 4) is 0 Å². The summed E-state index contributed by atoms with van der Waals surface area (Å²) in [7, 11) is 0. The van der Waals surface area contributed by atoms with Crippen molar-refractivity contribution in [3.63, 3.8) is 0 Å². The third kappa shape index (κ3) is 2.92. The van der Waals surface area contributed by atoms with Crippen molar-refractivity contribution in [2.24, 2.45) is 11.1 Å². The molecule has 10 heteroatoms. The summed E-state index contributed by atoms with van der Waals surface area (Å²) >= 11 is 6.56. The van der Waals surface area contributed by atoms with Crippen LogP contribution in [-0.2, 0) is 0 Å². The minimum Gasteiger partial charge on any atom is -0.477 e. The van der Waals surface area contributed by atoms with Gasteiger partial charge in [0.05, 0.1) is 27.7 Å². The maximum absolute atomic E-state index is 15.0. The van der Waals surface area contributed by atoms with Gasteiger partial charge in [-0.15, -0.1) is 12.4 Å². The lowest BCUT2D eigenvalue weighted by molar-refractivity contribution is 0.0694. The van der Waals surface area contributed by atoms with E-state index in [1.165, 1.54) is 4.57 Å². The number of rotatable bonds is 3. The Labute approximate surface area is 175 Å². The van der Waals surface area contributed by atoms with Gasteiger partial charge in [0, 0.05) is 37.2 Å². The van der Waals surface area contributed by atoms with Gasteiger partial charge in [0.2, 0.25) is 5.43 Å². The number of carboxylic acids is 1. The smallest absolute Gasteiger partial charge is 0.341 e. The van der Waals surface area contributed by atoms with E-state index in [1.807, 2.05) is 0 Å². The van der Waals surface area contributed by atoms with Gasteiger partial charge in [-0.25, -0.2) is 13.6 Å². The maximum atomic E-state index is 15.0. The summed E-state index contributed by atoms with van der Waals surface area (Å²) in [5.41, 5.74) is 5.15. The number of nitrogens with zero attached hydrogens (tertiary/aromatic N) is 2. The van der Waals surface area contributed by atoms with Gasteiger partial charge >= 0.3 is 5.97 Å². The normalized spacial score (nSPS) is 26.6. The van der Waals surface area contributed by atoms with Crippen molar-refractivity contribution in [1.82, 2.24) is 4.57 Å². The van der Waals surface area contributed by atoms with E-state index in [9.17, 15) is 19.1 Å². The molecule has 0 radical (unpaired) electrons. The van der Waals surface area contributed by atoms with Crippen molar-refractivity contribution >= 4 is 46.6 Å². The molecule has 1 aromatic heterocycles. The van der Waals surface area contributed by atoms with Crippen molar-refractivity contribution in [2.75, 3.05) is 18.0 Å². The van der Waals surface area contributed by atoms with Gasteiger partial charge in [-0.2, -0.15) is 0 Å². The van der Waals surface area contributed by atoms with Gasteiger partial charge in [-0.05, 0) is 18.9 Å². The number of pyridine rings is 1. The highest BCUT2D eigenvalue weighted by Gasteiger charge is 2.54. The molecule has 2 aromatic rings. The van der Waals surface area contributed by atoms with E-state index < -0.39 is 35.0 Å². The van der Waals surface area contributed by atoms with Crippen LogP contribution in [0.25, 0.3) is 10.9 Å². The van der Waals surface area contributed by atoms with E-state index in [2.05, 4.69) is 0 Å². The molecule has 0 amide bonds. The average Bonchev–Trinajstić information content (AvgIpc) is 3.51. The molecule has 2 heterocycles. The fourth-order valence-electron chi connectivity index (χ4n) is 4.43. The zero-order chi connectivity index (χ0) is 20.0. The fraction of sp³-hybridized carbons (Fsp3) is 0.474. The molecule has 3 fully saturated rings. The van der Waals surface area contributed by atoms with Crippen LogP contribution in [0.15, 0.2) is 17.1 Å². The summed E-state index contributed by atoms with van der Waals surface area (Å²) in [6.45, 7) is 1.01. The summed E-state index contributed by atoms with van der Waals surface area (Å²) in [5.74, 6) is -2.15. The topological polar surface area (TPSA) is 88.6 Å². The number of nitrogens with two attached hydrogens (primary N) is 1. The Morgan fingerprint density at radius 2 is 2.03 bits per heavy atom. The van der Waals surface area contributed by atoms with E-state index in [4.69, 9.17) is 17.3 Å². The van der Waals surface area contributed by atoms with E-state index >= 15 is 4.39 Å². The molecule has 2 saturated carbocycles. The average molecular weight is 446 g/mol. The number of aromatic nitrogens is 1. The van der Waals surface area contributed by atoms with Crippen LogP contribution >= 0.6 is 24.0 Å². The Kier molecular flexibility index (Phi) is 4.60. The number of benzene rings is 1. The van der Waals surface area contributed by atoms with Gasteiger partial charge in [-0.1, -0.05) is 11.6 Å². The van der Waals surface area contributed by atoms with Crippen LogP contribution in [0.1, 0.15) is 35.7 Å². The molecule has 3 N–H and O–H groups in total. The van der Waals surface area contributed by atoms with Crippen molar-refractivity contribution < 1.29 is 18.7 Å². The second-order valence-corrected chi connectivity index (χ2v) is 8.55. The van der Waals surface area contributed by atoms with Gasteiger partial charge in [0.1, 0.15) is 17.6 Å². The van der Waals surface area contributed by atoms with Crippen LogP contribution in [0.5, 0.6) is 0 Å². The Morgan fingerprint density at radius 1 is 1.38 bits per heavy atom. The van der Waals surface area contributed by atoms with Crippen LogP contribution in [0.3, 0.4) is 0 Å². The van der Waals surface area contributed by atoms with Crippen LogP contribution in [0.2, 0.25) is 5.02 Å². The summed E-state index contributed by atoms with van der Waals surface area (Å²) in [5, 5.41) is 9.16. The van der Waals surface area contributed by atoms with Crippen LogP contribution in [0.4, 0.5) is 14.5 Å². The summed E-state index contributed by atoms with van der Waals surface area (Å²) < 4.78 is 30.2. The first kappa shape index (κ1) is 20.4. The molecule has 0 bridgehead atoms. The Morgan fingerprint density at radius 3 is 2.55 bits per heavy atom. The molecule has 2 aliphatic carbocycles. The standard InChI is InChI=1S/C19H18ClF2N3O3.ClH/c20-14-15-8(17(26)9(18(27)28)5-25(15)12-4-10(12)21)3-11(22)16(14)24-6-13(23)19(7-24)1-2-19;/h3,5,10,12-13H,1-2,4,6-7,23H2,(H,27,28);1H/t10-,12+,13-;/m0./s1. The zero-order valence-electron chi connectivity index (χ0n) is 15.2. The van der Waals surface area contributed by atoms with Crippen molar-refractivity contribution in [2.45, 2.75) is 37.5 Å².